The van der Waals surface area contributed by atoms with E-state index < -0.39 is 0 Å². The summed E-state index contributed by atoms with van der Waals surface area (Å²) in [5, 5.41) is 2.94. The molecule has 0 radical (unpaired) electrons. The molecular weight excluding hydrogens is 472 g/mol. The Kier molecular flexibility index (Phi) is 9.57. The molecule has 0 unspecified atom stereocenters. The number of rotatable bonds is 13. The second-order valence-corrected chi connectivity index (χ2v) is 9.80. The number of carbonyl (C=O) groups is 1. The zero-order valence-electron chi connectivity index (χ0n) is 23.0. The highest BCUT2D eigenvalue weighted by Crippen LogP contribution is 2.38. The van der Waals surface area contributed by atoms with Crippen LogP contribution in [0.4, 0.5) is 11.8 Å². The number of fused-ring (bicyclic) bond motifs is 1. The van der Waals surface area contributed by atoms with Crippen LogP contribution in [0.3, 0.4) is 0 Å². The molecule has 0 aliphatic heterocycles. The van der Waals surface area contributed by atoms with Crippen molar-refractivity contribution in [1.29, 1.82) is 0 Å². The van der Waals surface area contributed by atoms with E-state index in [-0.39, 0.29) is 5.91 Å². The van der Waals surface area contributed by atoms with Gasteiger partial charge in [-0.25, -0.2) is 9.97 Å². The molecule has 0 saturated carbocycles. The average molecular weight is 513 g/mol. The summed E-state index contributed by atoms with van der Waals surface area (Å²) in [5.41, 5.74) is 7.58. The minimum Gasteiger partial charge on any atom is -0.493 e. The van der Waals surface area contributed by atoms with Crippen molar-refractivity contribution in [2.75, 3.05) is 51.2 Å². The highest BCUT2D eigenvalue weighted by Gasteiger charge is 2.21. The number of pyridine rings is 1. The van der Waals surface area contributed by atoms with E-state index in [1.54, 1.807) is 12.1 Å². The lowest BCUT2D eigenvalue weighted by molar-refractivity contribution is 0.102. The second kappa shape index (κ2) is 12.6. The van der Waals surface area contributed by atoms with Gasteiger partial charge in [0.1, 0.15) is 11.3 Å². The van der Waals surface area contributed by atoms with Gasteiger partial charge in [0.2, 0.25) is 11.7 Å². The van der Waals surface area contributed by atoms with Crippen molar-refractivity contribution in [3.63, 3.8) is 0 Å². The van der Waals surface area contributed by atoms with Crippen molar-refractivity contribution >= 4 is 28.8 Å². The molecular formula is C27H40N6O4. The lowest BCUT2D eigenvalue weighted by Gasteiger charge is -2.27. The van der Waals surface area contributed by atoms with Crippen molar-refractivity contribution < 1.29 is 19.0 Å². The van der Waals surface area contributed by atoms with Crippen molar-refractivity contribution in [1.82, 2.24) is 14.5 Å². The Labute approximate surface area is 219 Å². The van der Waals surface area contributed by atoms with Crippen LogP contribution >= 0.6 is 0 Å². The largest absolute Gasteiger partial charge is 0.493 e. The summed E-state index contributed by atoms with van der Waals surface area (Å²) in [5.74, 6) is 3.14. The van der Waals surface area contributed by atoms with Gasteiger partial charge in [0.15, 0.2) is 17.1 Å². The molecule has 10 heteroatoms. The van der Waals surface area contributed by atoms with Crippen LogP contribution in [0.5, 0.6) is 17.2 Å². The third-order valence-corrected chi connectivity index (χ3v) is 5.81. The fraction of sp³-hybridized carbons (Fsp3) is 0.519. The Bertz CT molecular complexity index is 1170. The summed E-state index contributed by atoms with van der Waals surface area (Å²) in [6, 6.07) is 7.17. The van der Waals surface area contributed by atoms with E-state index in [0.29, 0.717) is 71.3 Å². The maximum atomic E-state index is 13.3. The summed E-state index contributed by atoms with van der Waals surface area (Å²) < 4.78 is 18.1. The van der Waals surface area contributed by atoms with Crippen LogP contribution in [-0.4, -0.2) is 61.4 Å². The number of benzene rings is 1. The molecule has 0 bridgehead atoms. The Morgan fingerprint density at radius 1 is 1.00 bits per heavy atom. The third kappa shape index (κ3) is 6.62. The predicted molar refractivity (Wildman–Crippen MR) is 147 cm³/mol. The number of imidazole rings is 1. The van der Waals surface area contributed by atoms with Gasteiger partial charge in [0, 0.05) is 25.2 Å². The van der Waals surface area contributed by atoms with Crippen LogP contribution < -0.4 is 30.2 Å². The molecule has 3 aromatic rings. The number of nitrogens with zero attached hydrogens (tertiary/aromatic N) is 4. The second-order valence-electron chi connectivity index (χ2n) is 9.80. The van der Waals surface area contributed by atoms with Crippen LogP contribution in [0.25, 0.3) is 11.2 Å². The molecule has 37 heavy (non-hydrogen) atoms. The van der Waals surface area contributed by atoms with Gasteiger partial charge >= 0.3 is 0 Å². The maximum Gasteiger partial charge on any atom is 0.258 e. The molecule has 1 amide bonds. The molecule has 0 saturated heterocycles. The van der Waals surface area contributed by atoms with Gasteiger partial charge < -0.3 is 24.8 Å². The molecule has 1 aromatic carbocycles. The standard InChI is InChI=1S/C27H40N6O4/c1-17(2)15-32(16-18(3)4)23-10-9-20-25(30-23)33(12-8-11-28)27(29-20)31-26(34)19-13-21(35-5)24(37-7)22(14-19)36-6/h9-10,13-14,17-18H,8,11-12,15-16,28H2,1-7H3,(H,29,31,34). The molecule has 0 fully saturated rings. The molecule has 2 aromatic heterocycles. The van der Waals surface area contributed by atoms with E-state index in [0.717, 1.165) is 18.9 Å². The number of nitrogens with two attached hydrogens (primary N) is 1. The zero-order valence-corrected chi connectivity index (χ0v) is 23.0. The Hall–Kier alpha value is -3.53. The number of hydrogen-bond acceptors (Lipinski definition) is 8. The first kappa shape index (κ1) is 28.0. The smallest absolute Gasteiger partial charge is 0.258 e. The third-order valence-electron chi connectivity index (χ3n) is 5.81. The average Bonchev–Trinajstić information content (AvgIpc) is 3.21. The number of methoxy groups -OCH3 is 3. The molecule has 0 aliphatic rings. The lowest BCUT2D eigenvalue weighted by atomic mass is 10.1. The van der Waals surface area contributed by atoms with Crippen molar-refractivity contribution in [3.8, 4) is 17.2 Å². The fourth-order valence-corrected chi connectivity index (χ4v) is 4.25. The van der Waals surface area contributed by atoms with E-state index in [4.69, 9.17) is 29.9 Å². The van der Waals surface area contributed by atoms with Gasteiger partial charge in [0.25, 0.3) is 5.91 Å². The number of hydrogen-bond donors (Lipinski definition) is 2. The highest BCUT2D eigenvalue weighted by molar-refractivity contribution is 6.05. The van der Waals surface area contributed by atoms with Gasteiger partial charge in [-0.05, 0) is 49.1 Å². The van der Waals surface area contributed by atoms with E-state index >= 15 is 0 Å². The predicted octanol–water partition coefficient (Wildman–Crippen LogP) is 4.18. The SMILES string of the molecule is COc1cc(C(=O)Nc2nc3ccc(N(CC(C)C)CC(C)C)nc3n2CCCN)cc(OC)c1OC. The molecule has 3 N–H and O–H groups in total. The van der Waals surface area contributed by atoms with E-state index in [2.05, 4.69) is 37.9 Å². The molecule has 2 heterocycles. The number of anilines is 2. The van der Waals surface area contributed by atoms with Crippen LogP contribution in [0.2, 0.25) is 0 Å². The molecule has 0 atom stereocenters. The highest BCUT2D eigenvalue weighted by atomic mass is 16.5. The van der Waals surface area contributed by atoms with Gasteiger partial charge in [-0.15, -0.1) is 0 Å². The minimum absolute atomic E-state index is 0.348. The Morgan fingerprint density at radius 2 is 1.62 bits per heavy atom. The summed E-state index contributed by atoms with van der Waals surface area (Å²) in [4.78, 5) is 25.3. The van der Waals surface area contributed by atoms with E-state index in [1.165, 1.54) is 21.3 Å². The molecule has 0 aliphatic carbocycles. The molecule has 0 spiro atoms. The summed E-state index contributed by atoms with van der Waals surface area (Å²) in [7, 11) is 4.54. The first-order chi connectivity index (χ1) is 17.7. The monoisotopic (exact) mass is 512 g/mol. The number of ether oxygens (including phenoxy) is 3. The van der Waals surface area contributed by atoms with Gasteiger partial charge in [0.05, 0.1) is 21.3 Å². The van der Waals surface area contributed by atoms with Gasteiger partial charge in [-0.3, -0.25) is 14.7 Å². The first-order valence-corrected chi connectivity index (χ1v) is 12.7. The van der Waals surface area contributed by atoms with Crippen LogP contribution in [0.15, 0.2) is 24.3 Å². The maximum absolute atomic E-state index is 13.3. The first-order valence-electron chi connectivity index (χ1n) is 12.7. The minimum atomic E-state index is -0.356. The summed E-state index contributed by atoms with van der Waals surface area (Å²) in [6.07, 6.45) is 0.714. The van der Waals surface area contributed by atoms with Crippen LogP contribution in [0.1, 0.15) is 44.5 Å². The van der Waals surface area contributed by atoms with E-state index in [1.807, 2.05) is 16.7 Å². The van der Waals surface area contributed by atoms with Gasteiger partial charge in [-0.2, -0.15) is 0 Å². The van der Waals surface area contributed by atoms with Crippen molar-refractivity contribution in [3.05, 3.63) is 29.8 Å². The topological polar surface area (TPSA) is 117 Å². The number of carbonyl (C=O) groups excluding carboxylic acids is 1. The molecule has 10 nitrogen and oxygen atoms in total. The quantitative estimate of drug-likeness (QED) is 0.350. The Morgan fingerprint density at radius 3 is 2.14 bits per heavy atom. The normalized spacial score (nSPS) is 11.3. The number of aryl methyl sites for hydroxylation is 1. The van der Waals surface area contributed by atoms with Crippen LogP contribution in [-0.2, 0) is 6.54 Å². The number of nitrogens with one attached hydrogen (secondary N) is 1. The number of aromatic nitrogens is 3. The van der Waals surface area contributed by atoms with Crippen LogP contribution in [0, 0.1) is 11.8 Å². The van der Waals surface area contributed by atoms with Gasteiger partial charge in [-0.1, -0.05) is 27.7 Å². The lowest BCUT2D eigenvalue weighted by Crippen LogP contribution is -2.32. The summed E-state index contributed by atoms with van der Waals surface area (Å²) in [6.45, 7) is 11.7. The Balaban J connectivity index is 2.02. The van der Waals surface area contributed by atoms with E-state index in [9.17, 15) is 4.79 Å². The molecule has 3 rings (SSSR count). The van der Waals surface area contributed by atoms with Crippen molar-refractivity contribution in [2.24, 2.45) is 17.6 Å². The fourth-order valence-electron chi connectivity index (χ4n) is 4.25. The van der Waals surface area contributed by atoms with Crippen molar-refractivity contribution in [2.45, 2.75) is 40.7 Å². The summed E-state index contributed by atoms with van der Waals surface area (Å²) >= 11 is 0. The number of amides is 1. The molecule has 202 valence electrons. The zero-order chi connectivity index (χ0) is 27.1.